The number of nitrogens with zero attached hydrogens (tertiary/aromatic N) is 1. The van der Waals surface area contributed by atoms with Crippen LogP contribution in [-0.2, 0) is 19.1 Å². The molecule has 1 amide bonds. The molecule has 0 unspecified atom stereocenters. The van der Waals surface area contributed by atoms with Gasteiger partial charge in [-0.25, -0.2) is 8.78 Å². The van der Waals surface area contributed by atoms with E-state index in [1.807, 2.05) is 0 Å². The van der Waals surface area contributed by atoms with Crippen molar-refractivity contribution in [2.75, 3.05) is 33.4 Å². The molecule has 0 saturated carbocycles. The van der Waals surface area contributed by atoms with Crippen LogP contribution in [0.4, 0.5) is 8.78 Å². The Morgan fingerprint density at radius 3 is 2.44 bits per heavy atom. The van der Waals surface area contributed by atoms with Crippen LogP contribution in [0.1, 0.15) is 12.8 Å². The SMILES string of the molecule is COC(=O)C1(C(=O)N2CCCC(F)(F)C2)COC1. The third-order valence-corrected chi connectivity index (χ3v) is 3.36. The monoisotopic (exact) mass is 263 g/mol. The fourth-order valence-corrected chi connectivity index (χ4v) is 2.27. The summed E-state index contributed by atoms with van der Waals surface area (Å²) >= 11 is 0. The number of carbonyl (C=O) groups is 2. The summed E-state index contributed by atoms with van der Waals surface area (Å²) in [6.45, 7) is -0.584. The molecule has 0 aromatic rings. The molecule has 0 aliphatic carbocycles. The zero-order chi connectivity index (χ0) is 13.4. The number of hydrogen-bond acceptors (Lipinski definition) is 4. The van der Waals surface area contributed by atoms with Gasteiger partial charge in [-0.1, -0.05) is 0 Å². The van der Waals surface area contributed by atoms with Crippen LogP contribution in [0.2, 0.25) is 0 Å². The molecule has 102 valence electrons. The van der Waals surface area contributed by atoms with Gasteiger partial charge in [0.25, 0.3) is 5.92 Å². The van der Waals surface area contributed by atoms with Gasteiger partial charge in [0, 0.05) is 13.0 Å². The first-order valence-corrected chi connectivity index (χ1v) is 5.75. The fraction of sp³-hybridized carbons (Fsp3) is 0.818. The van der Waals surface area contributed by atoms with Gasteiger partial charge in [-0.15, -0.1) is 0 Å². The number of alkyl halides is 2. The maximum atomic E-state index is 13.3. The second kappa shape index (κ2) is 4.46. The highest BCUT2D eigenvalue weighted by molar-refractivity contribution is 6.04. The van der Waals surface area contributed by atoms with Crippen LogP contribution >= 0.6 is 0 Å². The Balaban J connectivity index is 2.12. The number of esters is 1. The van der Waals surface area contributed by atoms with E-state index in [9.17, 15) is 18.4 Å². The maximum absolute atomic E-state index is 13.3. The molecule has 0 atom stereocenters. The number of likely N-dealkylation sites (tertiary alicyclic amines) is 1. The van der Waals surface area contributed by atoms with Gasteiger partial charge in [0.2, 0.25) is 5.91 Å². The van der Waals surface area contributed by atoms with Gasteiger partial charge in [0.15, 0.2) is 5.41 Å². The van der Waals surface area contributed by atoms with Gasteiger partial charge in [0.05, 0.1) is 26.9 Å². The smallest absolute Gasteiger partial charge is 0.326 e. The van der Waals surface area contributed by atoms with Crippen molar-refractivity contribution in [3.8, 4) is 0 Å². The van der Waals surface area contributed by atoms with Crippen LogP contribution in [0.25, 0.3) is 0 Å². The molecule has 2 saturated heterocycles. The predicted octanol–water partition coefficient (Wildman–Crippen LogP) is 0.434. The Labute approximate surface area is 103 Å². The lowest BCUT2D eigenvalue weighted by Crippen LogP contribution is -2.62. The summed E-state index contributed by atoms with van der Waals surface area (Å²) in [5.74, 6) is -4.21. The summed E-state index contributed by atoms with van der Waals surface area (Å²) in [7, 11) is 1.17. The van der Waals surface area contributed by atoms with Crippen molar-refractivity contribution < 1.29 is 27.8 Å². The Hall–Kier alpha value is -1.24. The molecule has 0 bridgehead atoms. The van der Waals surface area contributed by atoms with Gasteiger partial charge < -0.3 is 14.4 Å². The summed E-state index contributed by atoms with van der Waals surface area (Å²) in [6.07, 6.45) is 0.00928. The average Bonchev–Trinajstić information content (AvgIpc) is 2.25. The molecule has 2 aliphatic heterocycles. The minimum absolute atomic E-state index is 0.0966. The van der Waals surface area contributed by atoms with Crippen LogP contribution in [0, 0.1) is 5.41 Å². The molecular formula is C11H15F2NO4. The van der Waals surface area contributed by atoms with E-state index in [4.69, 9.17) is 4.74 Å². The lowest BCUT2D eigenvalue weighted by molar-refractivity contribution is -0.197. The number of amides is 1. The Morgan fingerprint density at radius 1 is 1.33 bits per heavy atom. The summed E-state index contributed by atoms with van der Waals surface area (Å²) in [4.78, 5) is 24.9. The minimum atomic E-state index is -2.88. The van der Waals surface area contributed by atoms with E-state index in [1.54, 1.807) is 0 Å². The Bertz CT molecular complexity index is 368. The van der Waals surface area contributed by atoms with Gasteiger partial charge in [-0.05, 0) is 6.42 Å². The van der Waals surface area contributed by atoms with E-state index in [2.05, 4.69) is 4.74 Å². The van der Waals surface area contributed by atoms with Crippen molar-refractivity contribution in [3.05, 3.63) is 0 Å². The van der Waals surface area contributed by atoms with Gasteiger partial charge in [-0.3, -0.25) is 9.59 Å². The van der Waals surface area contributed by atoms with E-state index in [0.717, 1.165) is 4.90 Å². The van der Waals surface area contributed by atoms with Crippen LogP contribution in [0.3, 0.4) is 0 Å². The van der Waals surface area contributed by atoms with E-state index in [-0.39, 0.29) is 32.6 Å². The average molecular weight is 263 g/mol. The molecule has 0 spiro atoms. The lowest BCUT2D eigenvalue weighted by atomic mass is 9.83. The van der Waals surface area contributed by atoms with Gasteiger partial charge in [-0.2, -0.15) is 0 Å². The number of piperidine rings is 1. The Morgan fingerprint density at radius 2 is 2.00 bits per heavy atom. The first-order chi connectivity index (χ1) is 8.41. The zero-order valence-electron chi connectivity index (χ0n) is 10.1. The lowest BCUT2D eigenvalue weighted by Gasteiger charge is -2.42. The summed E-state index contributed by atoms with van der Waals surface area (Å²) in [5.41, 5.74) is -1.41. The number of hydrogen-bond donors (Lipinski definition) is 0. The van der Waals surface area contributed by atoms with E-state index in [0.29, 0.717) is 0 Å². The molecule has 2 rings (SSSR count). The van der Waals surface area contributed by atoms with E-state index < -0.39 is 29.8 Å². The normalized spacial score (nSPS) is 25.2. The highest BCUT2D eigenvalue weighted by Gasteiger charge is 2.56. The number of rotatable bonds is 2. The quantitative estimate of drug-likeness (QED) is 0.535. The van der Waals surface area contributed by atoms with Gasteiger partial charge in [0.1, 0.15) is 0 Å². The molecular weight excluding hydrogens is 248 g/mol. The third-order valence-electron chi connectivity index (χ3n) is 3.36. The third kappa shape index (κ3) is 2.07. The zero-order valence-corrected chi connectivity index (χ0v) is 10.1. The van der Waals surface area contributed by atoms with Crippen molar-refractivity contribution in [2.24, 2.45) is 5.41 Å². The summed E-state index contributed by atoms with van der Waals surface area (Å²) in [5, 5.41) is 0. The number of ether oxygens (including phenoxy) is 2. The second-order valence-corrected chi connectivity index (χ2v) is 4.75. The molecule has 0 N–H and O–H groups in total. The first kappa shape index (κ1) is 13.2. The molecule has 2 aliphatic rings. The minimum Gasteiger partial charge on any atom is -0.468 e. The van der Waals surface area contributed by atoms with Crippen molar-refractivity contribution in [1.29, 1.82) is 0 Å². The summed E-state index contributed by atoms with van der Waals surface area (Å²) in [6, 6.07) is 0. The first-order valence-electron chi connectivity index (χ1n) is 5.75. The highest BCUT2D eigenvalue weighted by Crippen LogP contribution is 2.35. The molecule has 0 aromatic carbocycles. The molecule has 18 heavy (non-hydrogen) atoms. The van der Waals surface area contributed by atoms with Crippen molar-refractivity contribution in [3.63, 3.8) is 0 Å². The largest absolute Gasteiger partial charge is 0.468 e. The van der Waals surface area contributed by atoms with Crippen molar-refractivity contribution in [1.82, 2.24) is 4.90 Å². The Kier molecular flexibility index (Phi) is 3.27. The van der Waals surface area contributed by atoms with Crippen LogP contribution < -0.4 is 0 Å². The fourth-order valence-electron chi connectivity index (χ4n) is 2.27. The number of methoxy groups -OCH3 is 1. The predicted molar refractivity (Wildman–Crippen MR) is 56.0 cm³/mol. The standard InChI is InChI=1S/C11H15F2NO4/c1-17-9(16)10(6-18-7-10)8(15)14-4-2-3-11(12,13)5-14/h2-7H2,1H3. The van der Waals surface area contributed by atoms with Crippen LogP contribution in [0.15, 0.2) is 0 Å². The van der Waals surface area contributed by atoms with E-state index >= 15 is 0 Å². The molecule has 5 nitrogen and oxygen atoms in total. The van der Waals surface area contributed by atoms with Crippen molar-refractivity contribution in [2.45, 2.75) is 18.8 Å². The molecule has 2 fully saturated rings. The molecule has 2 heterocycles. The van der Waals surface area contributed by atoms with Crippen LogP contribution in [-0.4, -0.2) is 56.1 Å². The number of halogens is 2. The second-order valence-electron chi connectivity index (χ2n) is 4.75. The molecule has 7 heteroatoms. The molecule has 0 radical (unpaired) electrons. The van der Waals surface area contributed by atoms with E-state index in [1.165, 1.54) is 7.11 Å². The number of carbonyl (C=O) groups excluding carboxylic acids is 2. The topological polar surface area (TPSA) is 55.8 Å². The molecule has 0 aromatic heterocycles. The highest BCUT2D eigenvalue weighted by atomic mass is 19.3. The van der Waals surface area contributed by atoms with Crippen LogP contribution in [0.5, 0.6) is 0 Å². The van der Waals surface area contributed by atoms with Gasteiger partial charge >= 0.3 is 5.97 Å². The maximum Gasteiger partial charge on any atom is 0.326 e. The summed E-state index contributed by atoms with van der Waals surface area (Å²) < 4.78 is 36.0. The van der Waals surface area contributed by atoms with Crippen molar-refractivity contribution >= 4 is 11.9 Å².